The molecule has 0 aliphatic heterocycles. The van der Waals surface area contributed by atoms with Gasteiger partial charge in [-0.05, 0) is 55.7 Å². The quantitative estimate of drug-likeness (QED) is 0.497. The van der Waals surface area contributed by atoms with Crippen LogP contribution >= 0.6 is 0 Å². The van der Waals surface area contributed by atoms with Crippen LogP contribution in [-0.4, -0.2) is 27.8 Å². The van der Waals surface area contributed by atoms with Gasteiger partial charge in [0.1, 0.15) is 11.0 Å². The Hall–Kier alpha value is -4.07. The second-order valence-corrected chi connectivity index (χ2v) is 9.03. The van der Waals surface area contributed by atoms with Crippen LogP contribution in [0, 0.1) is 6.92 Å². The van der Waals surface area contributed by atoms with Gasteiger partial charge in [0.2, 0.25) is 0 Å². The topological polar surface area (TPSA) is 81.3 Å². The smallest absolute Gasteiger partial charge is 0.337 e. The molecule has 0 bridgehead atoms. The fourth-order valence-electron chi connectivity index (χ4n) is 4.34. The summed E-state index contributed by atoms with van der Waals surface area (Å²) in [4.78, 5) is 42.3. The van der Waals surface area contributed by atoms with Crippen LogP contribution in [0.15, 0.2) is 69.0 Å². The van der Waals surface area contributed by atoms with Crippen molar-refractivity contribution >= 4 is 28.1 Å². The molecule has 0 spiro atoms. The van der Waals surface area contributed by atoms with Gasteiger partial charge in [0.05, 0.1) is 11.4 Å². The first-order valence-corrected chi connectivity index (χ1v) is 11.3. The highest BCUT2D eigenvalue weighted by Crippen LogP contribution is 2.34. The molecule has 0 unspecified atom stereocenters. The van der Waals surface area contributed by atoms with Gasteiger partial charge in [0.25, 0.3) is 11.1 Å². The Bertz CT molecular complexity index is 1590. The third-order valence-corrected chi connectivity index (χ3v) is 6.37. The number of anilines is 3. The van der Waals surface area contributed by atoms with Crippen LogP contribution < -0.4 is 27.0 Å². The Kier molecular flexibility index (Phi) is 5.16. The Morgan fingerprint density at radius 1 is 0.941 bits per heavy atom. The average molecular weight is 458 g/mol. The second kappa shape index (κ2) is 8.06. The fraction of sp³-hybridized carbons (Fsp3) is 0.269. The zero-order valence-electron chi connectivity index (χ0n) is 19.7. The molecule has 5 rings (SSSR count). The number of rotatable bonds is 5. The lowest BCUT2D eigenvalue weighted by Crippen LogP contribution is -2.41. The van der Waals surface area contributed by atoms with Gasteiger partial charge < -0.3 is 10.2 Å². The maximum Gasteiger partial charge on any atom is 0.337 e. The average Bonchev–Trinajstić information content (AvgIpc) is 3.64. The Morgan fingerprint density at radius 2 is 1.65 bits per heavy atom. The maximum atomic E-state index is 13.7. The van der Waals surface area contributed by atoms with Gasteiger partial charge in [0, 0.05) is 44.6 Å². The molecule has 1 aliphatic rings. The second-order valence-electron chi connectivity index (χ2n) is 9.03. The van der Waals surface area contributed by atoms with Gasteiger partial charge >= 0.3 is 5.69 Å². The molecule has 1 fully saturated rings. The lowest BCUT2D eigenvalue weighted by molar-refractivity contribution is 0.637. The number of nitrogens with one attached hydrogen (secondary N) is 1. The summed E-state index contributed by atoms with van der Waals surface area (Å²) in [5.41, 5.74) is 2.95. The van der Waals surface area contributed by atoms with E-state index in [-0.39, 0.29) is 22.8 Å². The number of para-hydroxylation sites is 1. The number of hydrogen-bond acceptors (Lipinski definition) is 5. The van der Waals surface area contributed by atoms with E-state index in [0.29, 0.717) is 16.8 Å². The summed E-state index contributed by atoms with van der Waals surface area (Å²) in [7, 11) is 5.53. The molecule has 0 atom stereocenters. The molecule has 34 heavy (non-hydrogen) atoms. The van der Waals surface area contributed by atoms with Crippen LogP contribution in [0.4, 0.5) is 17.1 Å². The van der Waals surface area contributed by atoms with Crippen molar-refractivity contribution in [2.24, 2.45) is 7.05 Å². The van der Waals surface area contributed by atoms with Crippen molar-refractivity contribution in [2.45, 2.75) is 25.8 Å². The summed E-state index contributed by atoms with van der Waals surface area (Å²) in [6, 6.07) is 16.4. The molecule has 0 radical (unpaired) electrons. The van der Waals surface area contributed by atoms with Crippen molar-refractivity contribution < 1.29 is 0 Å². The number of pyridine rings is 1. The first-order valence-electron chi connectivity index (χ1n) is 11.3. The Balaban J connectivity index is 1.84. The largest absolute Gasteiger partial charge is 0.378 e. The summed E-state index contributed by atoms with van der Waals surface area (Å²) >= 11 is 0. The van der Waals surface area contributed by atoms with Gasteiger partial charge in [-0.2, -0.15) is 0 Å². The predicted octanol–water partition coefficient (Wildman–Crippen LogP) is 3.30. The monoisotopic (exact) mass is 457 g/mol. The molecule has 2 aromatic carbocycles. The highest BCUT2D eigenvalue weighted by Gasteiger charge is 2.30. The van der Waals surface area contributed by atoms with E-state index in [1.807, 2.05) is 62.3 Å². The number of benzene rings is 2. The highest BCUT2D eigenvalue weighted by molar-refractivity contribution is 5.92. The number of aryl methyl sites for hydroxylation is 2. The van der Waals surface area contributed by atoms with E-state index in [1.165, 1.54) is 19.8 Å². The fourth-order valence-corrected chi connectivity index (χ4v) is 4.34. The lowest BCUT2D eigenvalue weighted by Gasteiger charge is -2.20. The number of fused-ring (bicyclic) bond motifs is 1. The molecular weight excluding hydrogens is 430 g/mol. The number of nitrogens with zero attached hydrogens (tertiary/aromatic N) is 4. The SMILES string of the molecule is Cc1cc(N(C)C)ccc1Nc1cc(=O)n(C)c2c1c(=O)n(C1CC1)c(=O)n2-c1ccccc1. The standard InChI is InChI=1S/C26H27N5O3/c1-16-14-19(28(2)3)12-13-20(16)27-21-15-22(32)29(4)24-23(21)25(33)31(18-10-11-18)26(34)30(24)17-8-6-5-7-9-17/h5-9,12-15,18,27H,10-11H2,1-4H3. The number of hydrogen-bond donors (Lipinski definition) is 1. The van der Waals surface area contributed by atoms with Gasteiger partial charge in [0.15, 0.2) is 0 Å². The third-order valence-electron chi connectivity index (χ3n) is 6.37. The van der Waals surface area contributed by atoms with Crippen molar-refractivity contribution in [1.82, 2.24) is 13.7 Å². The zero-order chi connectivity index (χ0) is 24.1. The van der Waals surface area contributed by atoms with Crippen molar-refractivity contribution in [3.05, 3.63) is 91.4 Å². The minimum absolute atomic E-state index is 0.120. The molecule has 8 nitrogen and oxygen atoms in total. The van der Waals surface area contributed by atoms with E-state index in [1.54, 1.807) is 19.2 Å². The van der Waals surface area contributed by atoms with Crippen LogP contribution in [0.2, 0.25) is 0 Å². The Labute approximate surface area is 196 Å². The minimum atomic E-state index is -0.426. The lowest BCUT2D eigenvalue weighted by atomic mass is 10.1. The van der Waals surface area contributed by atoms with E-state index in [0.717, 1.165) is 29.8 Å². The molecular formula is C26H27N5O3. The predicted molar refractivity (Wildman–Crippen MR) is 136 cm³/mol. The maximum absolute atomic E-state index is 13.7. The zero-order valence-corrected chi connectivity index (χ0v) is 19.7. The van der Waals surface area contributed by atoms with Crippen molar-refractivity contribution in [3.63, 3.8) is 0 Å². The molecule has 0 amide bonds. The minimum Gasteiger partial charge on any atom is -0.378 e. The van der Waals surface area contributed by atoms with Crippen LogP contribution in [0.5, 0.6) is 0 Å². The highest BCUT2D eigenvalue weighted by atomic mass is 16.2. The molecule has 1 aliphatic carbocycles. The van der Waals surface area contributed by atoms with Crippen molar-refractivity contribution in [2.75, 3.05) is 24.3 Å². The first kappa shape index (κ1) is 21.8. The van der Waals surface area contributed by atoms with E-state index in [2.05, 4.69) is 5.32 Å². The Morgan fingerprint density at radius 3 is 2.26 bits per heavy atom. The molecule has 4 aromatic rings. The molecule has 174 valence electrons. The van der Waals surface area contributed by atoms with E-state index in [9.17, 15) is 14.4 Å². The van der Waals surface area contributed by atoms with Crippen LogP contribution in [-0.2, 0) is 7.05 Å². The van der Waals surface area contributed by atoms with Crippen molar-refractivity contribution in [3.8, 4) is 5.69 Å². The van der Waals surface area contributed by atoms with Crippen LogP contribution in [0.1, 0.15) is 24.4 Å². The van der Waals surface area contributed by atoms with Crippen LogP contribution in [0.25, 0.3) is 16.7 Å². The number of aromatic nitrogens is 3. The molecule has 8 heteroatoms. The van der Waals surface area contributed by atoms with Gasteiger partial charge in [-0.15, -0.1) is 0 Å². The molecule has 0 saturated heterocycles. The summed E-state index contributed by atoms with van der Waals surface area (Å²) in [6.07, 6.45) is 1.57. The van der Waals surface area contributed by atoms with Crippen LogP contribution in [0.3, 0.4) is 0 Å². The summed E-state index contributed by atoms with van der Waals surface area (Å²) in [5.74, 6) is 0. The van der Waals surface area contributed by atoms with Crippen molar-refractivity contribution in [1.29, 1.82) is 0 Å². The normalized spacial score (nSPS) is 13.3. The van der Waals surface area contributed by atoms with E-state index in [4.69, 9.17) is 0 Å². The molecule has 1 saturated carbocycles. The third kappa shape index (κ3) is 3.51. The van der Waals surface area contributed by atoms with E-state index < -0.39 is 5.69 Å². The first-order chi connectivity index (χ1) is 16.3. The van der Waals surface area contributed by atoms with Gasteiger partial charge in [-0.1, -0.05) is 18.2 Å². The van der Waals surface area contributed by atoms with Gasteiger partial charge in [-0.25, -0.2) is 9.36 Å². The summed E-state index contributed by atoms with van der Waals surface area (Å²) < 4.78 is 4.19. The molecule has 1 N–H and O–H groups in total. The van der Waals surface area contributed by atoms with Gasteiger partial charge in [-0.3, -0.25) is 18.7 Å². The molecule has 2 heterocycles. The summed E-state index contributed by atoms with van der Waals surface area (Å²) in [5, 5.41) is 3.63. The van der Waals surface area contributed by atoms with E-state index >= 15 is 0 Å². The molecule has 2 aromatic heterocycles. The summed E-state index contributed by atoms with van der Waals surface area (Å²) in [6.45, 7) is 1.97.